The van der Waals surface area contributed by atoms with Crippen LogP contribution in [-0.2, 0) is 0 Å². The Morgan fingerprint density at radius 1 is 0.536 bits per heavy atom. The van der Waals surface area contributed by atoms with Crippen LogP contribution < -0.4 is 40.9 Å². The molecule has 4 aliphatic heterocycles. The van der Waals surface area contributed by atoms with Gasteiger partial charge in [0.05, 0.1) is 70.2 Å². The van der Waals surface area contributed by atoms with Crippen molar-refractivity contribution in [3.05, 3.63) is 121 Å². The minimum atomic E-state index is -0.0843. The molecule has 4 aromatic carbocycles. The number of carbonyl (C=O) groups excluding carboxylic acids is 2. The summed E-state index contributed by atoms with van der Waals surface area (Å²) >= 11 is 0. The lowest BCUT2D eigenvalue weighted by molar-refractivity contribution is 0.0986. The Bertz CT molecular complexity index is 3260. The third-order valence-electron chi connectivity index (χ3n) is 13.7. The van der Waals surface area contributed by atoms with Crippen LogP contribution >= 0.6 is 0 Å². The third-order valence-corrected chi connectivity index (χ3v) is 13.7. The molecule has 12 rings (SSSR count). The lowest BCUT2D eigenvalue weighted by atomic mass is 10.0. The zero-order valence-electron chi connectivity index (χ0n) is 39.3. The molecule has 69 heavy (non-hydrogen) atoms. The molecule has 0 radical (unpaired) electrons. The summed E-state index contributed by atoms with van der Waals surface area (Å²) in [5.41, 5.74) is 6.68. The van der Waals surface area contributed by atoms with E-state index in [-0.39, 0.29) is 11.8 Å². The molecule has 4 aromatic heterocycles. The van der Waals surface area contributed by atoms with Gasteiger partial charge in [0, 0.05) is 40.6 Å². The van der Waals surface area contributed by atoms with Crippen LogP contribution in [0.5, 0.6) is 0 Å². The van der Waals surface area contributed by atoms with E-state index in [0.717, 1.165) is 102 Å². The molecule has 0 atom stereocenters. The van der Waals surface area contributed by atoms with Gasteiger partial charge in [-0.2, -0.15) is 20.2 Å². The van der Waals surface area contributed by atoms with Gasteiger partial charge in [0.15, 0.2) is 11.6 Å². The maximum atomic E-state index is 13.5. The number of aryl methyl sites for hydroxylation is 1. The van der Waals surface area contributed by atoms with Crippen LogP contribution in [0.4, 0.5) is 57.7 Å². The van der Waals surface area contributed by atoms with Crippen molar-refractivity contribution in [2.24, 2.45) is 0 Å². The second-order valence-corrected chi connectivity index (χ2v) is 18.1. The zero-order chi connectivity index (χ0) is 47.3. The molecule has 18 nitrogen and oxygen atoms in total. The van der Waals surface area contributed by atoms with Crippen molar-refractivity contribution in [2.45, 2.75) is 44.7 Å². The summed E-state index contributed by atoms with van der Waals surface area (Å²) in [4.78, 5) is 52.9. The first-order chi connectivity index (χ1) is 33.6. The van der Waals surface area contributed by atoms with E-state index in [2.05, 4.69) is 54.6 Å². The summed E-state index contributed by atoms with van der Waals surface area (Å²) < 4.78 is 4.05. The molecule has 0 spiro atoms. The Balaban J connectivity index is 0.000000151. The molecule has 0 bridgehead atoms. The maximum absolute atomic E-state index is 13.5. The number of nitrogens with zero attached hydrogens (tertiary/aromatic N) is 12. The molecule has 4 aliphatic rings. The first kappa shape index (κ1) is 43.6. The topological polar surface area (TPSA) is 182 Å². The Hall–Kier alpha value is -7.96. The third kappa shape index (κ3) is 8.20. The highest BCUT2D eigenvalue weighted by Gasteiger charge is 2.32. The number of amides is 2. The van der Waals surface area contributed by atoms with Gasteiger partial charge in [-0.1, -0.05) is 48.5 Å². The first-order valence-corrected chi connectivity index (χ1v) is 23.5. The van der Waals surface area contributed by atoms with Crippen molar-refractivity contribution in [2.75, 3.05) is 84.6 Å². The molecule has 8 aromatic rings. The summed E-state index contributed by atoms with van der Waals surface area (Å²) in [6.07, 6.45) is 13.6. The summed E-state index contributed by atoms with van der Waals surface area (Å²) in [5, 5.41) is 26.7. The number of hydrogen-bond acceptors (Lipinski definition) is 14. The molecule has 2 saturated heterocycles. The van der Waals surface area contributed by atoms with Crippen LogP contribution in [0.15, 0.2) is 104 Å². The zero-order valence-corrected chi connectivity index (χ0v) is 39.3. The number of anilines is 10. The van der Waals surface area contributed by atoms with E-state index in [1.165, 1.54) is 0 Å². The van der Waals surface area contributed by atoms with E-state index in [1.807, 2.05) is 113 Å². The van der Waals surface area contributed by atoms with E-state index in [1.54, 1.807) is 36.3 Å². The van der Waals surface area contributed by atoms with Gasteiger partial charge in [0.1, 0.15) is 11.4 Å². The monoisotopic (exact) mass is 922 g/mol. The van der Waals surface area contributed by atoms with Gasteiger partial charge in [-0.05, 0) is 105 Å². The molecule has 18 heteroatoms. The average Bonchev–Trinajstić information content (AvgIpc) is 4.04. The fourth-order valence-corrected chi connectivity index (χ4v) is 9.90. The number of piperidine rings is 2. The van der Waals surface area contributed by atoms with E-state index in [9.17, 15) is 9.59 Å². The van der Waals surface area contributed by atoms with Crippen LogP contribution in [0.1, 0.15) is 64.2 Å². The Morgan fingerprint density at radius 2 is 1.00 bits per heavy atom. The van der Waals surface area contributed by atoms with E-state index in [4.69, 9.17) is 15.0 Å². The van der Waals surface area contributed by atoms with Crippen molar-refractivity contribution in [3.8, 4) is 0 Å². The largest absolute Gasteiger partial charge is 0.327 e. The van der Waals surface area contributed by atoms with E-state index < -0.39 is 0 Å². The molecule has 2 amide bonds. The number of carbonyl (C=O) groups is 2. The van der Waals surface area contributed by atoms with Gasteiger partial charge in [0.2, 0.25) is 11.9 Å². The number of benzene rings is 4. The first-order valence-electron chi connectivity index (χ1n) is 23.5. The van der Waals surface area contributed by atoms with Crippen LogP contribution in [0.25, 0.3) is 21.5 Å². The van der Waals surface area contributed by atoms with Gasteiger partial charge in [-0.3, -0.25) is 19.0 Å². The Labute approximate surface area is 399 Å². The molecule has 0 aliphatic carbocycles. The Morgan fingerprint density at radius 3 is 1.54 bits per heavy atom. The second-order valence-electron chi connectivity index (χ2n) is 18.1. The molecular weight excluding hydrogens is 869 g/mol. The molecule has 2 fully saturated rings. The highest BCUT2D eigenvalue weighted by molar-refractivity contribution is 6.16. The smallest absolute Gasteiger partial charge is 0.260 e. The van der Waals surface area contributed by atoms with Gasteiger partial charge >= 0.3 is 0 Å². The number of hydrogen-bond donors (Lipinski definition) is 4. The predicted octanol–water partition coefficient (Wildman–Crippen LogP) is 8.01. The lowest BCUT2D eigenvalue weighted by Gasteiger charge is -2.23. The van der Waals surface area contributed by atoms with Crippen molar-refractivity contribution >= 4 is 91.0 Å². The SMILES string of the molecule is CN1C(=O)c2cc3ccccc3cc2N(C)c2nc(Nc3cnn(C4CCNCC4)c3)ncc21.Cc1nc(Nc2cnn(C3CCNCC3)c2)nc2c1N(C)C(=O)c1cc3ccccc3cc1N2C. The summed E-state index contributed by atoms with van der Waals surface area (Å²) in [6, 6.07) is 24.9. The Kier molecular flexibility index (Phi) is 11.3. The summed E-state index contributed by atoms with van der Waals surface area (Å²) in [5.74, 6) is 2.11. The molecule has 0 saturated carbocycles. The maximum Gasteiger partial charge on any atom is 0.260 e. The number of nitrogens with one attached hydrogen (secondary N) is 4. The quantitative estimate of drug-likeness (QED) is 0.126. The number of fused-ring (bicyclic) bond motifs is 6. The van der Waals surface area contributed by atoms with Crippen molar-refractivity contribution in [1.29, 1.82) is 0 Å². The van der Waals surface area contributed by atoms with Crippen LogP contribution in [0.3, 0.4) is 0 Å². The predicted molar refractivity (Wildman–Crippen MR) is 272 cm³/mol. The minimum absolute atomic E-state index is 0.0768. The standard InChI is InChI=1S/C26H28N8O.C25H26N8O/c1-16-23-24(31-26(29-16)30-19-14-28-34(15-19)20-8-10-27-11-9-20)32(2)22-13-18-7-5-4-6-17(18)12-21(22)25(35)33(23)3;1-31-21-12-17-6-4-3-5-16(17)11-20(21)24(34)32(2)22-14-27-25(30-23(22)31)29-18-13-28-33(15-18)19-7-9-26-10-8-19/h4-7,12-15,20,27H,8-11H2,1-3H3,(H,29,30,31);3-6,11-15,19,26H,7-10H2,1-2H3,(H,27,29,30). The summed E-state index contributed by atoms with van der Waals surface area (Å²) in [6.45, 7) is 5.95. The fraction of sp³-hybridized carbons (Fsp3) is 0.294. The van der Waals surface area contributed by atoms with Gasteiger partial charge in [-0.25, -0.2) is 9.97 Å². The number of aromatic nitrogens is 8. The molecular formula is C51H54N16O2. The second kappa shape index (κ2) is 17.9. The molecule has 4 N–H and O–H groups in total. The van der Waals surface area contributed by atoms with Crippen molar-refractivity contribution in [3.63, 3.8) is 0 Å². The molecule has 8 heterocycles. The number of rotatable bonds is 6. The van der Waals surface area contributed by atoms with Crippen LogP contribution in [-0.4, -0.2) is 106 Å². The highest BCUT2D eigenvalue weighted by atomic mass is 16.2. The normalized spacial score (nSPS) is 16.3. The average molecular weight is 923 g/mol. The van der Waals surface area contributed by atoms with Crippen LogP contribution in [0.2, 0.25) is 0 Å². The lowest BCUT2D eigenvalue weighted by Crippen LogP contribution is -2.29. The van der Waals surface area contributed by atoms with E-state index >= 15 is 0 Å². The van der Waals surface area contributed by atoms with Gasteiger partial charge in [0.25, 0.3) is 11.8 Å². The van der Waals surface area contributed by atoms with Crippen LogP contribution in [0, 0.1) is 6.92 Å². The van der Waals surface area contributed by atoms with E-state index in [0.29, 0.717) is 58.1 Å². The highest BCUT2D eigenvalue weighted by Crippen LogP contribution is 2.43. The fourth-order valence-electron chi connectivity index (χ4n) is 9.90. The van der Waals surface area contributed by atoms with Gasteiger partial charge < -0.3 is 40.9 Å². The van der Waals surface area contributed by atoms with Crippen molar-refractivity contribution < 1.29 is 9.59 Å². The minimum Gasteiger partial charge on any atom is -0.327 e. The summed E-state index contributed by atoms with van der Waals surface area (Å²) in [7, 11) is 7.43. The van der Waals surface area contributed by atoms with Crippen molar-refractivity contribution in [1.82, 2.24) is 50.1 Å². The molecule has 0 unspecified atom stereocenters. The molecule has 350 valence electrons. The van der Waals surface area contributed by atoms with Gasteiger partial charge in [-0.15, -0.1) is 0 Å².